The molecule has 28 heavy (non-hydrogen) atoms. The standard InChI is InChI=1S/C23H47NO4/c1-5-7-9-11-12-14-16-21(15-13-10-8-6-2)19-28-20-22(25)17-24(3,4)18-23(26)27/h21-22,25H,5-20H2,1-4H3/p+1. The molecule has 2 N–H and O–H groups in total. The summed E-state index contributed by atoms with van der Waals surface area (Å²) in [7, 11) is 3.65. The molecule has 0 heterocycles. The summed E-state index contributed by atoms with van der Waals surface area (Å²) in [6.45, 7) is 5.90. The van der Waals surface area contributed by atoms with E-state index in [1.54, 1.807) is 0 Å². The first-order valence-corrected chi connectivity index (χ1v) is 11.6. The maximum Gasteiger partial charge on any atom is 0.359 e. The second-order valence-corrected chi connectivity index (χ2v) is 9.13. The van der Waals surface area contributed by atoms with Crippen LogP contribution in [0.15, 0.2) is 0 Å². The Morgan fingerprint density at radius 3 is 1.89 bits per heavy atom. The predicted octanol–water partition coefficient (Wildman–Crippen LogP) is 4.86. The summed E-state index contributed by atoms with van der Waals surface area (Å²) in [5, 5.41) is 19.2. The molecule has 0 spiro atoms. The lowest BCUT2D eigenvalue weighted by Gasteiger charge is -2.30. The van der Waals surface area contributed by atoms with Crippen molar-refractivity contribution in [1.82, 2.24) is 0 Å². The van der Waals surface area contributed by atoms with Gasteiger partial charge in [-0.15, -0.1) is 0 Å². The van der Waals surface area contributed by atoms with Crippen molar-refractivity contribution in [2.45, 2.75) is 97.0 Å². The Bertz CT molecular complexity index is 374. The summed E-state index contributed by atoms with van der Waals surface area (Å²) in [6, 6.07) is 0. The number of carbonyl (C=O) groups is 1. The van der Waals surface area contributed by atoms with Crippen molar-refractivity contribution in [3.63, 3.8) is 0 Å². The van der Waals surface area contributed by atoms with Crippen LogP contribution in [-0.4, -0.2) is 67.2 Å². The van der Waals surface area contributed by atoms with Crippen molar-refractivity contribution in [2.24, 2.45) is 5.92 Å². The van der Waals surface area contributed by atoms with Gasteiger partial charge in [-0.1, -0.05) is 78.1 Å². The van der Waals surface area contributed by atoms with Crippen LogP contribution in [0.3, 0.4) is 0 Å². The molecule has 0 rings (SSSR count). The number of aliphatic carboxylic acids is 1. The van der Waals surface area contributed by atoms with E-state index < -0.39 is 12.1 Å². The van der Waals surface area contributed by atoms with E-state index in [-0.39, 0.29) is 11.0 Å². The second kappa shape index (κ2) is 17.2. The van der Waals surface area contributed by atoms with Gasteiger partial charge < -0.3 is 19.4 Å². The normalized spacial score (nSPS) is 14.2. The molecule has 0 aliphatic heterocycles. The molecule has 5 heteroatoms. The van der Waals surface area contributed by atoms with E-state index in [0.29, 0.717) is 25.7 Å². The van der Waals surface area contributed by atoms with E-state index in [0.717, 1.165) is 0 Å². The molecule has 0 aromatic carbocycles. The van der Waals surface area contributed by atoms with Gasteiger partial charge in [0.15, 0.2) is 6.54 Å². The van der Waals surface area contributed by atoms with Crippen LogP contribution < -0.4 is 0 Å². The summed E-state index contributed by atoms with van der Waals surface area (Å²) in [5.74, 6) is -0.263. The molecule has 0 aliphatic carbocycles. The molecule has 2 unspecified atom stereocenters. The fraction of sp³-hybridized carbons (Fsp3) is 0.957. The van der Waals surface area contributed by atoms with Gasteiger partial charge in [-0.05, 0) is 18.8 Å². The first kappa shape index (κ1) is 27.4. The third-order valence-electron chi connectivity index (χ3n) is 5.36. The van der Waals surface area contributed by atoms with Crippen molar-refractivity contribution in [1.29, 1.82) is 0 Å². The fourth-order valence-electron chi connectivity index (χ4n) is 3.81. The SMILES string of the molecule is CCCCCCCCC(CCCCCC)COCC(O)C[N+](C)(C)CC(=O)O. The zero-order valence-corrected chi connectivity index (χ0v) is 19.1. The number of quaternary nitrogens is 1. The monoisotopic (exact) mass is 402 g/mol. The highest BCUT2D eigenvalue weighted by Gasteiger charge is 2.24. The molecule has 0 amide bonds. The molecule has 0 saturated heterocycles. The highest BCUT2D eigenvalue weighted by molar-refractivity contribution is 5.67. The van der Waals surface area contributed by atoms with E-state index in [1.807, 2.05) is 14.1 Å². The minimum Gasteiger partial charge on any atom is -0.477 e. The van der Waals surface area contributed by atoms with Gasteiger partial charge in [-0.3, -0.25) is 0 Å². The van der Waals surface area contributed by atoms with Crippen LogP contribution in [0.5, 0.6) is 0 Å². The molecule has 0 saturated carbocycles. The topological polar surface area (TPSA) is 66.8 Å². The zero-order valence-electron chi connectivity index (χ0n) is 19.1. The quantitative estimate of drug-likeness (QED) is 0.225. The molecule has 0 radical (unpaired) electrons. The minimum atomic E-state index is -0.843. The van der Waals surface area contributed by atoms with Gasteiger partial charge >= 0.3 is 5.97 Å². The summed E-state index contributed by atoms with van der Waals surface area (Å²) in [4.78, 5) is 10.9. The van der Waals surface area contributed by atoms with Crippen LogP contribution in [-0.2, 0) is 9.53 Å². The Balaban J connectivity index is 4.16. The van der Waals surface area contributed by atoms with Crippen LogP contribution in [0.25, 0.3) is 0 Å². The molecule has 5 nitrogen and oxygen atoms in total. The molecule has 0 aromatic rings. The third-order valence-corrected chi connectivity index (χ3v) is 5.36. The number of hydrogen-bond acceptors (Lipinski definition) is 3. The molecule has 0 aromatic heterocycles. The Kier molecular flexibility index (Phi) is 16.8. The van der Waals surface area contributed by atoms with Gasteiger partial charge in [0.25, 0.3) is 0 Å². The highest BCUT2D eigenvalue weighted by atomic mass is 16.5. The summed E-state index contributed by atoms with van der Waals surface area (Å²) >= 11 is 0. The van der Waals surface area contributed by atoms with Gasteiger partial charge in [0, 0.05) is 6.61 Å². The Morgan fingerprint density at radius 2 is 1.36 bits per heavy atom. The summed E-state index contributed by atoms with van der Waals surface area (Å²) in [5.41, 5.74) is 0. The average molecular weight is 403 g/mol. The lowest BCUT2D eigenvalue weighted by atomic mass is 9.95. The van der Waals surface area contributed by atoms with E-state index in [1.165, 1.54) is 77.0 Å². The zero-order chi connectivity index (χ0) is 21.3. The van der Waals surface area contributed by atoms with Crippen molar-refractivity contribution in [3.8, 4) is 0 Å². The molecular weight excluding hydrogens is 354 g/mol. The Morgan fingerprint density at radius 1 is 0.857 bits per heavy atom. The number of carboxylic acid groups (broad SMARTS) is 1. The number of rotatable bonds is 20. The largest absolute Gasteiger partial charge is 0.477 e. The predicted molar refractivity (Wildman–Crippen MR) is 117 cm³/mol. The fourth-order valence-corrected chi connectivity index (χ4v) is 3.81. The number of aliphatic hydroxyl groups excluding tert-OH is 1. The van der Waals surface area contributed by atoms with E-state index in [9.17, 15) is 9.90 Å². The Labute approximate surface area is 174 Å². The number of carboxylic acids is 1. The number of hydrogen-bond donors (Lipinski definition) is 2. The smallest absolute Gasteiger partial charge is 0.359 e. The van der Waals surface area contributed by atoms with Gasteiger partial charge in [0.05, 0.1) is 20.7 Å². The number of unbranched alkanes of at least 4 members (excludes halogenated alkanes) is 8. The number of likely N-dealkylation sites (N-methyl/N-ethyl adjacent to an activating group) is 1. The van der Waals surface area contributed by atoms with E-state index in [2.05, 4.69) is 13.8 Å². The van der Waals surface area contributed by atoms with Crippen molar-refractivity contribution in [2.75, 3.05) is 40.4 Å². The molecule has 0 fully saturated rings. The minimum absolute atomic E-state index is 0.00907. The van der Waals surface area contributed by atoms with Crippen molar-refractivity contribution < 1.29 is 24.2 Å². The van der Waals surface area contributed by atoms with Crippen LogP contribution in [0.1, 0.15) is 90.9 Å². The maximum atomic E-state index is 10.9. The lowest BCUT2D eigenvalue weighted by Crippen LogP contribution is -2.49. The molecule has 168 valence electrons. The van der Waals surface area contributed by atoms with Crippen LogP contribution >= 0.6 is 0 Å². The van der Waals surface area contributed by atoms with Crippen molar-refractivity contribution >= 4 is 5.97 Å². The number of ether oxygens (including phenoxy) is 1. The summed E-state index contributed by atoms with van der Waals surface area (Å²) in [6.07, 6.45) is 14.9. The molecular formula is C23H48NO4+. The molecule has 2 atom stereocenters. The van der Waals surface area contributed by atoms with Gasteiger partial charge in [-0.2, -0.15) is 0 Å². The average Bonchev–Trinajstić information content (AvgIpc) is 2.59. The number of nitrogens with zero attached hydrogens (tertiary/aromatic N) is 1. The van der Waals surface area contributed by atoms with Crippen LogP contribution in [0.4, 0.5) is 0 Å². The first-order chi connectivity index (χ1) is 13.3. The van der Waals surface area contributed by atoms with Crippen molar-refractivity contribution in [3.05, 3.63) is 0 Å². The highest BCUT2D eigenvalue weighted by Crippen LogP contribution is 2.19. The van der Waals surface area contributed by atoms with Gasteiger partial charge in [0.2, 0.25) is 0 Å². The van der Waals surface area contributed by atoms with Crippen LogP contribution in [0, 0.1) is 5.92 Å². The maximum absolute atomic E-state index is 10.9. The Hall–Kier alpha value is -0.650. The lowest BCUT2D eigenvalue weighted by molar-refractivity contribution is -0.886. The second-order valence-electron chi connectivity index (χ2n) is 9.13. The third kappa shape index (κ3) is 17.4. The van der Waals surface area contributed by atoms with E-state index >= 15 is 0 Å². The van der Waals surface area contributed by atoms with E-state index in [4.69, 9.17) is 9.84 Å². The van der Waals surface area contributed by atoms with Gasteiger partial charge in [-0.25, -0.2) is 4.79 Å². The summed E-state index contributed by atoms with van der Waals surface area (Å²) < 4.78 is 6.12. The first-order valence-electron chi connectivity index (χ1n) is 11.6. The molecule has 0 aliphatic rings. The number of aliphatic hydroxyl groups is 1. The molecule has 0 bridgehead atoms. The van der Waals surface area contributed by atoms with Crippen LogP contribution in [0.2, 0.25) is 0 Å². The van der Waals surface area contributed by atoms with Gasteiger partial charge in [0.1, 0.15) is 12.6 Å².